The molecule has 0 saturated carbocycles. The van der Waals surface area contributed by atoms with E-state index in [0.717, 1.165) is 0 Å². The summed E-state index contributed by atoms with van der Waals surface area (Å²) in [6.45, 7) is 8.93. The van der Waals surface area contributed by atoms with Crippen molar-refractivity contribution in [2.75, 3.05) is 13.2 Å². The third-order valence-electron chi connectivity index (χ3n) is 2.12. The summed E-state index contributed by atoms with van der Waals surface area (Å²) < 4.78 is 4.98. The Bertz CT molecular complexity index is 172. The van der Waals surface area contributed by atoms with Gasteiger partial charge in [0, 0.05) is 6.04 Å². The maximum absolute atomic E-state index is 11.2. The van der Waals surface area contributed by atoms with E-state index >= 15 is 0 Å². The van der Waals surface area contributed by atoms with Gasteiger partial charge in [0.25, 0.3) is 0 Å². The Morgan fingerprint density at radius 2 is 1.93 bits per heavy atom. The summed E-state index contributed by atoms with van der Waals surface area (Å²) in [5.41, 5.74) is 5.48. The quantitative estimate of drug-likeness (QED) is 0.707. The number of ether oxygens (including phenoxy) is 1. The van der Waals surface area contributed by atoms with E-state index in [1.807, 2.05) is 27.7 Å². The average molecular weight is 202 g/mol. The van der Waals surface area contributed by atoms with Crippen molar-refractivity contribution in [1.29, 1.82) is 0 Å². The van der Waals surface area contributed by atoms with Gasteiger partial charge in [0.15, 0.2) is 0 Å². The molecule has 14 heavy (non-hydrogen) atoms. The maximum atomic E-state index is 11.2. The fraction of sp³-hybridized carbons (Fsp3) is 0.900. The van der Waals surface area contributed by atoms with E-state index in [4.69, 9.17) is 10.5 Å². The van der Waals surface area contributed by atoms with E-state index in [9.17, 15) is 4.79 Å². The lowest BCUT2D eigenvalue weighted by Crippen LogP contribution is -2.40. The van der Waals surface area contributed by atoms with Crippen LogP contribution < -0.4 is 11.1 Å². The maximum Gasteiger partial charge on any atom is 0.407 e. The molecule has 3 N–H and O–H groups in total. The Kier molecular flexibility index (Phi) is 6.28. The van der Waals surface area contributed by atoms with E-state index < -0.39 is 0 Å². The van der Waals surface area contributed by atoms with Crippen molar-refractivity contribution in [2.45, 2.75) is 33.7 Å². The highest BCUT2D eigenvalue weighted by atomic mass is 16.5. The molecule has 0 aromatic heterocycles. The van der Waals surface area contributed by atoms with Crippen LogP contribution in [0.2, 0.25) is 0 Å². The van der Waals surface area contributed by atoms with Crippen LogP contribution in [0.15, 0.2) is 0 Å². The van der Waals surface area contributed by atoms with Gasteiger partial charge < -0.3 is 15.8 Å². The van der Waals surface area contributed by atoms with E-state index in [2.05, 4.69) is 5.32 Å². The van der Waals surface area contributed by atoms with Crippen LogP contribution in [0, 0.1) is 11.8 Å². The SMILES string of the molecule is CC(C)COC(=O)NC(C)C(C)CN. The van der Waals surface area contributed by atoms with Gasteiger partial charge in [-0.15, -0.1) is 0 Å². The second kappa shape index (κ2) is 6.65. The van der Waals surface area contributed by atoms with Crippen LogP contribution in [-0.4, -0.2) is 25.3 Å². The predicted molar refractivity (Wildman–Crippen MR) is 57.0 cm³/mol. The minimum atomic E-state index is -0.355. The molecule has 0 fully saturated rings. The number of rotatable bonds is 5. The number of carbonyl (C=O) groups is 1. The number of hydrogen-bond acceptors (Lipinski definition) is 3. The van der Waals surface area contributed by atoms with Crippen molar-refractivity contribution in [3.63, 3.8) is 0 Å². The molecule has 0 aliphatic heterocycles. The number of carbonyl (C=O) groups excluding carboxylic acids is 1. The Morgan fingerprint density at radius 3 is 2.36 bits per heavy atom. The van der Waals surface area contributed by atoms with Gasteiger partial charge in [-0.05, 0) is 25.3 Å². The number of alkyl carbamates (subject to hydrolysis) is 1. The van der Waals surface area contributed by atoms with Gasteiger partial charge in [-0.25, -0.2) is 4.79 Å². The zero-order valence-electron chi connectivity index (χ0n) is 9.54. The lowest BCUT2D eigenvalue weighted by atomic mass is 10.1. The Balaban J connectivity index is 3.71. The van der Waals surface area contributed by atoms with Crippen LogP contribution in [0.3, 0.4) is 0 Å². The van der Waals surface area contributed by atoms with Crippen molar-refractivity contribution >= 4 is 6.09 Å². The van der Waals surface area contributed by atoms with Crippen molar-refractivity contribution in [2.24, 2.45) is 17.6 Å². The molecule has 0 heterocycles. The van der Waals surface area contributed by atoms with Crippen molar-refractivity contribution in [1.82, 2.24) is 5.32 Å². The molecule has 2 atom stereocenters. The van der Waals surface area contributed by atoms with Crippen LogP contribution >= 0.6 is 0 Å². The lowest BCUT2D eigenvalue weighted by Gasteiger charge is -2.19. The molecule has 0 radical (unpaired) electrons. The first-order valence-corrected chi connectivity index (χ1v) is 5.10. The Hall–Kier alpha value is -0.770. The van der Waals surface area contributed by atoms with E-state index in [0.29, 0.717) is 19.1 Å². The molecule has 1 amide bonds. The van der Waals surface area contributed by atoms with Gasteiger partial charge >= 0.3 is 6.09 Å². The zero-order chi connectivity index (χ0) is 11.1. The van der Waals surface area contributed by atoms with Crippen molar-refractivity contribution in [3.8, 4) is 0 Å². The molecule has 84 valence electrons. The molecule has 0 aliphatic carbocycles. The molecule has 0 saturated heterocycles. The van der Waals surface area contributed by atoms with E-state index in [-0.39, 0.29) is 18.1 Å². The molecule has 4 heteroatoms. The first-order chi connectivity index (χ1) is 6.47. The fourth-order valence-corrected chi connectivity index (χ4v) is 0.816. The van der Waals surface area contributed by atoms with E-state index in [1.54, 1.807) is 0 Å². The molecular weight excluding hydrogens is 180 g/mol. The minimum absolute atomic E-state index is 0.0552. The normalized spacial score (nSPS) is 15.0. The minimum Gasteiger partial charge on any atom is -0.449 e. The van der Waals surface area contributed by atoms with Gasteiger partial charge in [-0.2, -0.15) is 0 Å². The van der Waals surface area contributed by atoms with Gasteiger partial charge in [-0.3, -0.25) is 0 Å². The summed E-state index contributed by atoms with van der Waals surface area (Å²) in [7, 11) is 0. The largest absolute Gasteiger partial charge is 0.449 e. The number of hydrogen-bond donors (Lipinski definition) is 2. The third kappa shape index (κ3) is 5.80. The van der Waals surface area contributed by atoms with Gasteiger partial charge in [-0.1, -0.05) is 20.8 Å². The van der Waals surface area contributed by atoms with Crippen LogP contribution in [0.4, 0.5) is 4.79 Å². The highest BCUT2D eigenvalue weighted by Gasteiger charge is 2.13. The summed E-state index contributed by atoms with van der Waals surface area (Å²) >= 11 is 0. The Morgan fingerprint density at radius 1 is 1.36 bits per heavy atom. The highest BCUT2D eigenvalue weighted by Crippen LogP contribution is 2.00. The lowest BCUT2D eigenvalue weighted by molar-refractivity contribution is 0.127. The molecule has 2 unspecified atom stereocenters. The monoisotopic (exact) mass is 202 g/mol. The predicted octanol–water partition coefficient (Wildman–Crippen LogP) is 1.35. The smallest absolute Gasteiger partial charge is 0.407 e. The first-order valence-electron chi connectivity index (χ1n) is 5.10. The molecule has 0 aromatic rings. The Labute approximate surface area is 86.2 Å². The highest BCUT2D eigenvalue weighted by molar-refractivity contribution is 5.67. The van der Waals surface area contributed by atoms with Gasteiger partial charge in [0.05, 0.1) is 6.61 Å². The van der Waals surface area contributed by atoms with Gasteiger partial charge in [0.1, 0.15) is 0 Å². The third-order valence-corrected chi connectivity index (χ3v) is 2.12. The van der Waals surface area contributed by atoms with Crippen LogP contribution in [-0.2, 0) is 4.74 Å². The van der Waals surface area contributed by atoms with Crippen LogP contribution in [0.5, 0.6) is 0 Å². The first kappa shape index (κ1) is 13.2. The molecule has 0 bridgehead atoms. The summed E-state index contributed by atoms with van der Waals surface area (Å²) in [6, 6.07) is 0.0552. The fourth-order valence-electron chi connectivity index (χ4n) is 0.816. The van der Waals surface area contributed by atoms with Crippen LogP contribution in [0.25, 0.3) is 0 Å². The molecule has 0 aliphatic rings. The van der Waals surface area contributed by atoms with E-state index in [1.165, 1.54) is 0 Å². The van der Waals surface area contributed by atoms with Crippen molar-refractivity contribution < 1.29 is 9.53 Å². The molecule has 0 aromatic carbocycles. The summed E-state index contributed by atoms with van der Waals surface area (Å²) in [5.74, 6) is 0.629. The second-order valence-electron chi connectivity index (χ2n) is 4.14. The summed E-state index contributed by atoms with van der Waals surface area (Å²) in [5, 5.41) is 2.74. The van der Waals surface area contributed by atoms with Crippen molar-refractivity contribution in [3.05, 3.63) is 0 Å². The molecule has 0 spiro atoms. The number of nitrogens with one attached hydrogen (secondary N) is 1. The number of nitrogens with two attached hydrogens (primary N) is 1. The number of amides is 1. The van der Waals surface area contributed by atoms with Gasteiger partial charge in [0.2, 0.25) is 0 Å². The topological polar surface area (TPSA) is 64.3 Å². The van der Waals surface area contributed by atoms with Crippen LogP contribution in [0.1, 0.15) is 27.7 Å². The molecule has 4 nitrogen and oxygen atoms in total. The summed E-state index contributed by atoms with van der Waals surface area (Å²) in [6.07, 6.45) is -0.355. The standard InChI is InChI=1S/C10H22N2O2/c1-7(2)6-14-10(13)12-9(4)8(3)5-11/h7-9H,5-6,11H2,1-4H3,(H,12,13). The molecular formula is C10H22N2O2. The molecule has 0 rings (SSSR count). The average Bonchev–Trinajstić information content (AvgIpc) is 2.13. The second-order valence-corrected chi connectivity index (χ2v) is 4.14. The summed E-state index contributed by atoms with van der Waals surface area (Å²) in [4.78, 5) is 11.2. The zero-order valence-corrected chi connectivity index (χ0v) is 9.54.